The Morgan fingerprint density at radius 3 is 2.82 bits per heavy atom. The molecule has 22 heavy (non-hydrogen) atoms. The number of nitrogens with one attached hydrogen (secondary N) is 3. The molecule has 1 atom stereocenters. The van der Waals surface area contributed by atoms with Crippen LogP contribution in [-0.2, 0) is 9.53 Å². The van der Waals surface area contributed by atoms with Gasteiger partial charge in [0.05, 0.1) is 13.2 Å². The first kappa shape index (κ1) is 20.9. The molecule has 6 nitrogen and oxygen atoms in total. The molecule has 0 aromatic carbocycles. The van der Waals surface area contributed by atoms with Gasteiger partial charge in [-0.3, -0.25) is 4.79 Å². The molecule has 0 spiro atoms. The van der Waals surface area contributed by atoms with Crippen molar-refractivity contribution in [3.8, 4) is 0 Å². The van der Waals surface area contributed by atoms with Crippen LogP contribution in [0.3, 0.4) is 0 Å². The van der Waals surface area contributed by atoms with E-state index >= 15 is 0 Å². The zero-order valence-corrected chi connectivity index (χ0v) is 14.0. The number of pyridine rings is 1. The van der Waals surface area contributed by atoms with Crippen LogP contribution in [0.1, 0.15) is 12.8 Å². The molecule has 8 heteroatoms. The van der Waals surface area contributed by atoms with Crippen LogP contribution >= 0.6 is 24.8 Å². The molecule has 2 heterocycles. The smallest absolute Gasteiger partial charge is 0.239 e. The van der Waals surface area contributed by atoms with Crippen molar-refractivity contribution in [2.24, 2.45) is 0 Å². The van der Waals surface area contributed by atoms with Gasteiger partial charge in [0.15, 0.2) is 0 Å². The lowest BCUT2D eigenvalue weighted by molar-refractivity contribution is -0.125. The van der Waals surface area contributed by atoms with E-state index in [1.807, 2.05) is 18.2 Å². The number of carbonyl (C=O) groups is 1. The summed E-state index contributed by atoms with van der Waals surface area (Å²) >= 11 is 0. The summed E-state index contributed by atoms with van der Waals surface area (Å²) < 4.78 is 5.26. The summed E-state index contributed by atoms with van der Waals surface area (Å²) in [5, 5.41) is 9.30. The molecule has 1 aromatic rings. The SMILES string of the molecule is Cl.Cl.O=C(NCCCCNc1ccccn1)C1COCCN1. The van der Waals surface area contributed by atoms with Crippen LogP contribution < -0.4 is 16.0 Å². The zero-order valence-electron chi connectivity index (χ0n) is 12.4. The van der Waals surface area contributed by atoms with Gasteiger partial charge in [0, 0.05) is 25.8 Å². The standard InChI is InChI=1S/C14H22N4O2.2ClH/c19-14(12-11-20-10-9-15-12)18-8-4-3-7-17-13-5-1-2-6-16-13;;/h1-2,5-6,12,15H,3-4,7-11H2,(H,16,17)(H,18,19);2*1H. The van der Waals surface area contributed by atoms with Crippen molar-refractivity contribution in [1.29, 1.82) is 0 Å². The first-order valence-corrected chi connectivity index (χ1v) is 7.10. The fourth-order valence-electron chi connectivity index (χ4n) is 2.00. The fourth-order valence-corrected chi connectivity index (χ4v) is 2.00. The minimum absolute atomic E-state index is 0. The van der Waals surface area contributed by atoms with Gasteiger partial charge in [-0.2, -0.15) is 0 Å². The van der Waals surface area contributed by atoms with Crippen LogP contribution in [-0.4, -0.2) is 49.8 Å². The number of nitrogens with zero attached hydrogens (tertiary/aromatic N) is 1. The van der Waals surface area contributed by atoms with Crippen molar-refractivity contribution in [1.82, 2.24) is 15.6 Å². The Bertz CT molecular complexity index is 403. The van der Waals surface area contributed by atoms with E-state index in [0.29, 0.717) is 19.8 Å². The Morgan fingerprint density at radius 1 is 1.32 bits per heavy atom. The first-order valence-electron chi connectivity index (χ1n) is 7.10. The minimum atomic E-state index is -0.199. The molecule has 126 valence electrons. The Hall–Kier alpha value is -1.08. The van der Waals surface area contributed by atoms with E-state index in [1.54, 1.807) is 6.20 Å². The third-order valence-electron chi connectivity index (χ3n) is 3.11. The first-order chi connectivity index (χ1) is 9.86. The largest absolute Gasteiger partial charge is 0.378 e. The van der Waals surface area contributed by atoms with Crippen molar-refractivity contribution in [2.75, 3.05) is 38.2 Å². The van der Waals surface area contributed by atoms with Crippen LogP contribution in [0, 0.1) is 0 Å². The number of carbonyl (C=O) groups excluding carboxylic acids is 1. The van der Waals surface area contributed by atoms with Crippen molar-refractivity contribution >= 4 is 36.5 Å². The monoisotopic (exact) mass is 350 g/mol. The molecule has 0 bridgehead atoms. The van der Waals surface area contributed by atoms with Gasteiger partial charge in [-0.15, -0.1) is 24.8 Å². The third-order valence-corrected chi connectivity index (χ3v) is 3.11. The number of hydrogen-bond donors (Lipinski definition) is 3. The summed E-state index contributed by atoms with van der Waals surface area (Å²) in [6, 6.07) is 5.59. The highest BCUT2D eigenvalue weighted by Crippen LogP contribution is 2.00. The van der Waals surface area contributed by atoms with Crippen LogP contribution in [0.25, 0.3) is 0 Å². The average molecular weight is 351 g/mol. The molecule has 1 fully saturated rings. The molecule has 0 aliphatic carbocycles. The van der Waals surface area contributed by atoms with E-state index in [1.165, 1.54) is 0 Å². The second-order valence-corrected chi connectivity index (χ2v) is 4.72. The van der Waals surface area contributed by atoms with E-state index in [-0.39, 0.29) is 36.8 Å². The predicted octanol–water partition coefficient (Wildman–Crippen LogP) is 1.22. The lowest BCUT2D eigenvalue weighted by atomic mass is 10.2. The minimum Gasteiger partial charge on any atom is -0.378 e. The number of anilines is 1. The number of amides is 1. The quantitative estimate of drug-likeness (QED) is 0.644. The zero-order chi connectivity index (χ0) is 14.0. The van der Waals surface area contributed by atoms with Gasteiger partial charge in [0.2, 0.25) is 5.91 Å². The van der Waals surface area contributed by atoms with Gasteiger partial charge in [-0.1, -0.05) is 6.07 Å². The predicted molar refractivity (Wildman–Crippen MR) is 92.1 cm³/mol. The number of aromatic nitrogens is 1. The van der Waals surface area contributed by atoms with Crippen LogP contribution in [0.15, 0.2) is 24.4 Å². The summed E-state index contributed by atoms with van der Waals surface area (Å²) in [7, 11) is 0. The molecule has 1 unspecified atom stereocenters. The summed E-state index contributed by atoms with van der Waals surface area (Å²) in [5.74, 6) is 0.919. The van der Waals surface area contributed by atoms with Gasteiger partial charge in [0.1, 0.15) is 11.9 Å². The Kier molecular flexibility index (Phi) is 11.9. The van der Waals surface area contributed by atoms with Crippen LogP contribution in [0.5, 0.6) is 0 Å². The van der Waals surface area contributed by atoms with E-state index in [2.05, 4.69) is 20.9 Å². The fraction of sp³-hybridized carbons (Fsp3) is 0.571. The highest BCUT2D eigenvalue weighted by Gasteiger charge is 2.20. The summed E-state index contributed by atoms with van der Waals surface area (Å²) in [4.78, 5) is 16.0. The number of unbranched alkanes of at least 4 members (excludes halogenated alkanes) is 1. The maximum absolute atomic E-state index is 11.8. The van der Waals surface area contributed by atoms with Crippen molar-refractivity contribution < 1.29 is 9.53 Å². The molecule has 1 aliphatic heterocycles. The Morgan fingerprint density at radius 2 is 2.14 bits per heavy atom. The lowest BCUT2D eigenvalue weighted by Crippen LogP contribution is -2.51. The highest BCUT2D eigenvalue weighted by molar-refractivity contribution is 5.85. The molecular formula is C14H24Cl2N4O2. The molecule has 1 aliphatic rings. The molecule has 2 rings (SSSR count). The molecular weight excluding hydrogens is 327 g/mol. The van der Waals surface area contributed by atoms with Gasteiger partial charge in [-0.25, -0.2) is 4.98 Å². The van der Waals surface area contributed by atoms with Crippen molar-refractivity contribution in [3.05, 3.63) is 24.4 Å². The number of rotatable bonds is 7. The summed E-state index contributed by atoms with van der Waals surface area (Å²) in [6.45, 7) is 3.45. The van der Waals surface area contributed by atoms with Gasteiger partial charge in [-0.05, 0) is 25.0 Å². The second-order valence-electron chi connectivity index (χ2n) is 4.72. The van der Waals surface area contributed by atoms with Crippen LogP contribution in [0.2, 0.25) is 0 Å². The number of halogens is 2. The van der Waals surface area contributed by atoms with Gasteiger partial charge >= 0.3 is 0 Å². The number of morpholine rings is 1. The molecule has 0 radical (unpaired) electrons. The van der Waals surface area contributed by atoms with Gasteiger partial charge < -0.3 is 20.7 Å². The van der Waals surface area contributed by atoms with E-state index < -0.39 is 0 Å². The van der Waals surface area contributed by atoms with E-state index in [4.69, 9.17) is 4.74 Å². The molecule has 1 saturated heterocycles. The number of ether oxygens (including phenoxy) is 1. The summed E-state index contributed by atoms with van der Waals surface area (Å²) in [6.07, 6.45) is 3.70. The van der Waals surface area contributed by atoms with Crippen molar-refractivity contribution in [3.63, 3.8) is 0 Å². The van der Waals surface area contributed by atoms with Crippen molar-refractivity contribution in [2.45, 2.75) is 18.9 Å². The molecule has 3 N–H and O–H groups in total. The second kappa shape index (κ2) is 12.5. The molecule has 1 aromatic heterocycles. The molecule has 1 amide bonds. The maximum atomic E-state index is 11.8. The third kappa shape index (κ3) is 7.79. The topological polar surface area (TPSA) is 75.3 Å². The summed E-state index contributed by atoms with van der Waals surface area (Å²) in [5.41, 5.74) is 0. The van der Waals surface area contributed by atoms with E-state index in [9.17, 15) is 4.79 Å². The average Bonchev–Trinajstić information content (AvgIpc) is 2.52. The van der Waals surface area contributed by atoms with E-state index in [0.717, 1.165) is 31.7 Å². The van der Waals surface area contributed by atoms with Gasteiger partial charge in [0.25, 0.3) is 0 Å². The highest BCUT2D eigenvalue weighted by atomic mass is 35.5. The van der Waals surface area contributed by atoms with Crippen LogP contribution in [0.4, 0.5) is 5.82 Å². The maximum Gasteiger partial charge on any atom is 0.239 e. The Labute approximate surface area is 143 Å². The lowest BCUT2D eigenvalue weighted by Gasteiger charge is -2.22. The normalized spacial score (nSPS) is 16.8. The Balaban J connectivity index is 0.00000220. The molecule has 0 saturated carbocycles. The number of hydrogen-bond acceptors (Lipinski definition) is 5.